The van der Waals surface area contributed by atoms with E-state index in [0.29, 0.717) is 16.9 Å². The van der Waals surface area contributed by atoms with Crippen LogP contribution in [0.5, 0.6) is 0 Å². The number of fused-ring (bicyclic) bond motifs is 1. The van der Waals surface area contributed by atoms with E-state index < -0.39 is 6.43 Å². The lowest BCUT2D eigenvalue weighted by Gasteiger charge is -2.06. The molecular formula is C10H8BrClF2N2. The molecule has 6 heteroatoms. The molecule has 1 heterocycles. The van der Waals surface area contributed by atoms with Gasteiger partial charge in [0.25, 0.3) is 6.43 Å². The third-order valence-electron chi connectivity index (χ3n) is 2.23. The van der Waals surface area contributed by atoms with Crippen molar-refractivity contribution in [2.24, 2.45) is 0 Å². The predicted molar refractivity (Wildman–Crippen MR) is 63.0 cm³/mol. The fraction of sp³-hybridized carbons (Fsp3) is 0.300. The Morgan fingerprint density at radius 3 is 2.81 bits per heavy atom. The number of rotatable bonds is 3. The summed E-state index contributed by atoms with van der Waals surface area (Å²) in [5.74, 6) is 0.592. The van der Waals surface area contributed by atoms with Crippen LogP contribution in [0.1, 0.15) is 5.82 Å². The summed E-state index contributed by atoms with van der Waals surface area (Å²) in [5.41, 5.74) is 1.35. The van der Waals surface area contributed by atoms with E-state index in [1.54, 1.807) is 12.1 Å². The summed E-state index contributed by atoms with van der Waals surface area (Å²) in [7, 11) is 0. The molecule has 0 unspecified atom stereocenters. The molecule has 2 nitrogen and oxygen atoms in total. The van der Waals surface area contributed by atoms with Gasteiger partial charge >= 0.3 is 0 Å². The zero-order chi connectivity index (χ0) is 11.7. The molecule has 2 aromatic rings. The highest BCUT2D eigenvalue weighted by molar-refractivity contribution is 9.10. The number of nitrogens with zero attached hydrogens (tertiary/aromatic N) is 2. The first-order chi connectivity index (χ1) is 7.61. The molecular weight excluding hydrogens is 301 g/mol. The van der Waals surface area contributed by atoms with E-state index in [0.717, 1.165) is 4.47 Å². The van der Waals surface area contributed by atoms with E-state index in [4.69, 9.17) is 11.6 Å². The van der Waals surface area contributed by atoms with Gasteiger partial charge in [-0.15, -0.1) is 11.6 Å². The highest BCUT2D eigenvalue weighted by Crippen LogP contribution is 2.22. The van der Waals surface area contributed by atoms with Crippen LogP contribution < -0.4 is 0 Å². The van der Waals surface area contributed by atoms with Gasteiger partial charge in [-0.2, -0.15) is 0 Å². The van der Waals surface area contributed by atoms with Crippen molar-refractivity contribution in [1.82, 2.24) is 9.55 Å². The second-order valence-corrected chi connectivity index (χ2v) is 4.48. The number of hydrogen-bond acceptors (Lipinski definition) is 1. The van der Waals surface area contributed by atoms with Gasteiger partial charge in [0.15, 0.2) is 0 Å². The van der Waals surface area contributed by atoms with Crippen molar-refractivity contribution in [2.45, 2.75) is 18.9 Å². The van der Waals surface area contributed by atoms with Crippen LogP contribution in [0.25, 0.3) is 11.0 Å². The maximum absolute atomic E-state index is 12.4. The van der Waals surface area contributed by atoms with Crippen LogP contribution in [0.3, 0.4) is 0 Å². The van der Waals surface area contributed by atoms with Crippen molar-refractivity contribution < 1.29 is 8.78 Å². The molecule has 0 aliphatic rings. The van der Waals surface area contributed by atoms with Crippen molar-refractivity contribution in [3.63, 3.8) is 0 Å². The van der Waals surface area contributed by atoms with Gasteiger partial charge in [-0.1, -0.05) is 15.9 Å². The van der Waals surface area contributed by atoms with Crippen LogP contribution in [0, 0.1) is 0 Å². The number of imidazole rings is 1. The average Bonchev–Trinajstić information content (AvgIpc) is 2.56. The smallest absolute Gasteiger partial charge is 0.256 e. The van der Waals surface area contributed by atoms with Crippen molar-refractivity contribution in [2.75, 3.05) is 0 Å². The minimum absolute atomic E-state index is 0.124. The molecule has 0 amide bonds. The Bertz CT molecular complexity index is 513. The predicted octanol–water partition coefficient (Wildman–Crippen LogP) is 3.80. The van der Waals surface area contributed by atoms with Crippen molar-refractivity contribution in [3.8, 4) is 0 Å². The number of halogens is 4. The minimum atomic E-state index is -2.42. The molecule has 16 heavy (non-hydrogen) atoms. The van der Waals surface area contributed by atoms with Gasteiger partial charge in [0.05, 0.1) is 23.5 Å². The third-order valence-corrected chi connectivity index (χ3v) is 2.96. The summed E-state index contributed by atoms with van der Waals surface area (Å²) in [4.78, 5) is 4.20. The summed E-state index contributed by atoms with van der Waals surface area (Å²) < 4.78 is 27.2. The van der Waals surface area contributed by atoms with E-state index in [2.05, 4.69) is 20.9 Å². The summed E-state index contributed by atoms with van der Waals surface area (Å²) in [6.45, 7) is -0.380. The van der Waals surface area contributed by atoms with E-state index in [9.17, 15) is 8.78 Å². The van der Waals surface area contributed by atoms with Crippen LogP contribution in [0.15, 0.2) is 22.7 Å². The maximum atomic E-state index is 12.4. The van der Waals surface area contributed by atoms with Crippen LogP contribution in [0.2, 0.25) is 0 Å². The first-order valence-corrected chi connectivity index (χ1v) is 5.93. The quantitative estimate of drug-likeness (QED) is 0.789. The molecule has 0 radical (unpaired) electrons. The zero-order valence-electron chi connectivity index (χ0n) is 8.13. The Hall–Kier alpha value is -0.680. The number of hydrogen-bond donors (Lipinski definition) is 0. The van der Waals surface area contributed by atoms with Gasteiger partial charge in [-0.25, -0.2) is 13.8 Å². The molecule has 0 saturated heterocycles. The Morgan fingerprint density at radius 2 is 2.19 bits per heavy atom. The van der Waals surface area contributed by atoms with Gasteiger partial charge in [0.1, 0.15) is 5.82 Å². The first kappa shape index (κ1) is 11.8. The second kappa shape index (κ2) is 4.67. The first-order valence-electron chi connectivity index (χ1n) is 4.60. The summed E-state index contributed by atoms with van der Waals surface area (Å²) in [5, 5.41) is 0. The Morgan fingerprint density at radius 1 is 1.44 bits per heavy atom. The van der Waals surface area contributed by atoms with Gasteiger partial charge in [-0.3, -0.25) is 0 Å². The molecule has 0 N–H and O–H groups in total. The Kier molecular flexibility index (Phi) is 3.44. The average molecular weight is 310 g/mol. The van der Waals surface area contributed by atoms with Crippen LogP contribution >= 0.6 is 27.5 Å². The lowest BCUT2D eigenvalue weighted by molar-refractivity contribution is 0.127. The standard InChI is InChI=1S/C10H8BrClF2N2/c11-6-1-2-7-8(3-6)16(5-9(13)14)10(4-12)15-7/h1-3,9H,4-5H2. The topological polar surface area (TPSA) is 17.8 Å². The van der Waals surface area contributed by atoms with Crippen molar-refractivity contribution in [1.29, 1.82) is 0 Å². The molecule has 0 spiro atoms. The molecule has 1 aromatic heterocycles. The van der Waals surface area contributed by atoms with Crippen molar-refractivity contribution in [3.05, 3.63) is 28.5 Å². The third kappa shape index (κ3) is 2.20. The summed E-state index contributed by atoms with van der Waals surface area (Å²) in [6.07, 6.45) is -2.42. The van der Waals surface area contributed by atoms with Crippen LogP contribution in [-0.4, -0.2) is 16.0 Å². The van der Waals surface area contributed by atoms with Crippen LogP contribution in [0.4, 0.5) is 8.78 Å². The number of benzene rings is 1. The minimum Gasteiger partial charge on any atom is -0.321 e. The Balaban J connectivity index is 2.60. The Labute approximate surface area is 104 Å². The SMILES string of the molecule is FC(F)Cn1c(CCl)nc2ccc(Br)cc21. The lowest BCUT2D eigenvalue weighted by atomic mass is 10.3. The second-order valence-electron chi connectivity index (χ2n) is 3.30. The number of alkyl halides is 3. The van der Waals surface area contributed by atoms with Gasteiger partial charge in [0, 0.05) is 4.47 Å². The normalized spacial score (nSPS) is 11.6. The molecule has 0 aliphatic heterocycles. The highest BCUT2D eigenvalue weighted by Gasteiger charge is 2.13. The monoisotopic (exact) mass is 308 g/mol. The highest BCUT2D eigenvalue weighted by atomic mass is 79.9. The molecule has 86 valence electrons. The zero-order valence-corrected chi connectivity index (χ0v) is 10.5. The maximum Gasteiger partial charge on any atom is 0.256 e. The van der Waals surface area contributed by atoms with Gasteiger partial charge in [-0.05, 0) is 18.2 Å². The van der Waals surface area contributed by atoms with Gasteiger partial charge < -0.3 is 4.57 Å². The van der Waals surface area contributed by atoms with Crippen LogP contribution in [-0.2, 0) is 12.4 Å². The molecule has 0 atom stereocenters. The fourth-order valence-electron chi connectivity index (χ4n) is 1.59. The largest absolute Gasteiger partial charge is 0.321 e. The lowest BCUT2D eigenvalue weighted by Crippen LogP contribution is -2.09. The van der Waals surface area contributed by atoms with E-state index >= 15 is 0 Å². The molecule has 0 bridgehead atoms. The fourth-order valence-corrected chi connectivity index (χ4v) is 2.14. The van der Waals surface area contributed by atoms with Gasteiger partial charge in [0.2, 0.25) is 0 Å². The molecule has 2 rings (SSSR count). The molecule has 0 fully saturated rings. The summed E-state index contributed by atoms with van der Waals surface area (Å²) >= 11 is 8.99. The molecule has 0 aliphatic carbocycles. The summed E-state index contributed by atoms with van der Waals surface area (Å²) in [6, 6.07) is 5.36. The van der Waals surface area contributed by atoms with Crippen molar-refractivity contribution >= 4 is 38.6 Å². The molecule has 1 aromatic carbocycles. The van der Waals surface area contributed by atoms with E-state index in [1.165, 1.54) is 4.57 Å². The van der Waals surface area contributed by atoms with E-state index in [-0.39, 0.29) is 12.4 Å². The van der Waals surface area contributed by atoms with E-state index in [1.807, 2.05) is 6.07 Å². The molecule has 0 saturated carbocycles. The number of aromatic nitrogens is 2.